The van der Waals surface area contributed by atoms with Crippen LogP contribution in [0.3, 0.4) is 0 Å². The number of hydrogen-bond acceptors (Lipinski definition) is 5. The number of sulfone groups is 1. The van der Waals surface area contributed by atoms with Gasteiger partial charge in [-0.1, -0.05) is 0 Å². The van der Waals surface area contributed by atoms with Gasteiger partial charge in [0.15, 0.2) is 15.6 Å². The Balaban J connectivity index is 1.68. The van der Waals surface area contributed by atoms with Crippen molar-refractivity contribution >= 4 is 15.9 Å². The lowest BCUT2D eigenvalue weighted by atomic mass is 10.3. The highest BCUT2D eigenvalue weighted by Crippen LogP contribution is 2.21. The predicted molar refractivity (Wildman–Crippen MR) is 68.5 cm³/mol. The zero-order valence-corrected chi connectivity index (χ0v) is 12.0. The topological polar surface area (TPSA) is 93.7 Å². The Morgan fingerprint density at radius 2 is 2.16 bits per heavy atom. The van der Waals surface area contributed by atoms with E-state index >= 15 is 0 Å². The molecule has 2 amide bonds. The minimum absolute atomic E-state index is 0.0243. The molecule has 0 bridgehead atoms. The Kier molecular flexibility index (Phi) is 4.03. The van der Waals surface area contributed by atoms with Crippen LogP contribution >= 0.6 is 0 Å². The molecule has 0 aliphatic carbocycles. The second-order valence-corrected chi connectivity index (χ2v) is 7.63. The zero-order valence-electron chi connectivity index (χ0n) is 11.1. The Hall–Kier alpha value is -0.860. The summed E-state index contributed by atoms with van der Waals surface area (Å²) in [6, 6.07) is -0.655. The van der Waals surface area contributed by atoms with Crippen LogP contribution in [0.15, 0.2) is 0 Å². The van der Waals surface area contributed by atoms with Gasteiger partial charge in [0, 0.05) is 12.6 Å². The monoisotopic (exact) mass is 292 g/mol. The number of hydrogen-bond donors (Lipinski definition) is 2. The maximum absolute atomic E-state index is 11.6. The zero-order chi connectivity index (χ0) is 14.1. The molecule has 0 saturated carbocycles. The van der Waals surface area contributed by atoms with Crippen molar-refractivity contribution in [3.8, 4) is 0 Å². The fourth-order valence-electron chi connectivity index (χ4n) is 2.22. The van der Waals surface area contributed by atoms with E-state index in [4.69, 9.17) is 9.47 Å². The molecular weight excluding hydrogens is 272 g/mol. The predicted octanol–water partition coefficient (Wildman–Crippen LogP) is -0.376. The van der Waals surface area contributed by atoms with E-state index in [1.54, 1.807) is 0 Å². The van der Waals surface area contributed by atoms with Gasteiger partial charge in [-0.2, -0.15) is 0 Å². The molecule has 2 rings (SSSR count). The third-order valence-corrected chi connectivity index (χ3v) is 4.89. The van der Waals surface area contributed by atoms with E-state index in [-0.39, 0.29) is 29.7 Å². The van der Waals surface area contributed by atoms with Crippen LogP contribution in [0.25, 0.3) is 0 Å². The van der Waals surface area contributed by atoms with E-state index in [0.29, 0.717) is 19.6 Å². The van der Waals surface area contributed by atoms with Crippen molar-refractivity contribution in [2.45, 2.75) is 38.2 Å². The van der Waals surface area contributed by atoms with Gasteiger partial charge in [0.25, 0.3) is 0 Å². The summed E-state index contributed by atoms with van der Waals surface area (Å²) >= 11 is 0. The highest BCUT2D eigenvalue weighted by atomic mass is 32.2. The molecule has 2 N–H and O–H groups in total. The van der Waals surface area contributed by atoms with Gasteiger partial charge in [-0.05, 0) is 20.3 Å². The Bertz CT molecular complexity index is 448. The van der Waals surface area contributed by atoms with Gasteiger partial charge in [0.2, 0.25) is 0 Å². The lowest BCUT2D eigenvalue weighted by molar-refractivity contribution is -0.137. The first-order valence-corrected chi connectivity index (χ1v) is 8.14. The first-order valence-electron chi connectivity index (χ1n) is 6.32. The van der Waals surface area contributed by atoms with Gasteiger partial charge in [-0.15, -0.1) is 0 Å². The van der Waals surface area contributed by atoms with Crippen LogP contribution in [-0.4, -0.2) is 57.0 Å². The fraction of sp³-hybridized carbons (Fsp3) is 0.909. The maximum atomic E-state index is 11.6. The number of rotatable bonds is 3. The average molecular weight is 292 g/mol. The normalized spacial score (nSPS) is 32.1. The molecule has 2 fully saturated rings. The summed E-state index contributed by atoms with van der Waals surface area (Å²) in [5.41, 5.74) is 0. The van der Waals surface area contributed by atoms with Crippen LogP contribution in [0.2, 0.25) is 0 Å². The molecule has 7 nitrogen and oxygen atoms in total. The van der Waals surface area contributed by atoms with Crippen molar-refractivity contribution in [2.75, 3.05) is 24.7 Å². The molecule has 0 spiro atoms. The van der Waals surface area contributed by atoms with Crippen molar-refractivity contribution in [2.24, 2.45) is 0 Å². The first kappa shape index (κ1) is 14.5. The smallest absolute Gasteiger partial charge is 0.315 e. The van der Waals surface area contributed by atoms with Gasteiger partial charge in [0.1, 0.15) is 6.10 Å². The van der Waals surface area contributed by atoms with Crippen LogP contribution in [-0.2, 0) is 19.3 Å². The number of nitrogens with one attached hydrogen (secondary N) is 2. The van der Waals surface area contributed by atoms with Gasteiger partial charge in [-0.25, -0.2) is 13.2 Å². The van der Waals surface area contributed by atoms with Gasteiger partial charge < -0.3 is 20.1 Å². The Labute approximate surface area is 112 Å². The standard InChI is InChI=1S/C11H20N2O5S/c1-11(2)17-6-9(18-11)5-12-10(14)13-8-3-4-19(15,16)7-8/h8-9H,3-7H2,1-2H3,(H2,12,13,14)/t8-,9+/m1/s1. The number of carbonyl (C=O) groups is 1. The third kappa shape index (κ3) is 4.32. The molecule has 19 heavy (non-hydrogen) atoms. The number of amides is 2. The van der Waals surface area contributed by atoms with Gasteiger partial charge >= 0.3 is 6.03 Å². The molecule has 0 radical (unpaired) electrons. The summed E-state index contributed by atoms with van der Waals surface area (Å²) in [5, 5.41) is 5.32. The lowest BCUT2D eigenvalue weighted by Gasteiger charge is -2.18. The minimum Gasteiger partial charge on any atom is -0.348 e. The van der Waals surface area contributed by atoms with Crippen LogP contribution in [0.1, 0.15) is 20.3 Å². The van der Waals surface area contributed by atoms with Gasteiger partial charge in [0.05, 0.1) is 18.1 Å². The molecule has 0 aromatic carbocycles. The SMILES string of the molecule is CC1(C)OC[C@H](CNC(=O)N[C@@H]2CCS(=O)(=O)C2)O1. The highest BCUT2D eigenvalue weighted by Gasteiger charge is 2.33. The molecule has 0 aromatic rings. The molecule has 2 heterocycles. The maximum Gasteiger partial charge on any atom is 0.315 e. The highest BCUT2D eigenvalue weighted by molar-refractivity contribution is 7.91. The van der Waals surface area contributed by atoms with Crippen molar-refractivity contribution < 1.29 is 22.7 Å². The summed E-state index contributed by atoms with van der Waals surface area (Å²) in [4.78, 5) is 11.6. The quantitative estimate of drug-likeness (QED) is 0.740. The summed E-state index contributed by atoms with van der Waals surface area (Å²) in [6.45, 7) is 4.41. The molecule has 2 aliphatic rings. The third-order valence-electron chi connectivity index (χ3n) is 3.13. The summed E-state index contributed by atoms with van der Waals surface area (Å²) < 4.78 is 33.4. The van der Waals surface area contributed by atoms with Crippen molar-refractivity contribution in [1.29, 1.82) is 0 Å². The molecule has 0 aromatic heterocycles. The molecule has 2 aliphatic heterocycles. The largest absolute Gasteiger partial charge is 0.348 e. The molecule has 2 atom stereocenters. The van der Waals surface area contributed by atoms with Crippen molar-refractivity contribution in [3.63, 3.8) is 0 Å². The molecule has 110 valence electrons. The van der Waals surface area contributed by atoms with E-state index in [1.807, 2.05) is 13.8 Å². The van der Waals surface area contributed by atoms with E-state index in [0.717, 1.165) is 0 Å². The van der Waals surface area contributed by atoms with Crippen molar-refractivity contribution in [3.05, 3.63) is 0 Å². The molecule has 2 saturated heterocycles. The van der Waals surface area contributed by atoms with E-state index in [1.165, 1.54) is 0 Å². The first-order chi connectivity index (χ1) is 8.76. The summed E-state index contributed by atoms with van der Waals surface area (Å²) in [6.07, 6.45) is 0.305. The molecular formula is C11H20N2O5S. The second kappa shape index (κ2) is 5.26. The number of ether oxygens (including phenoxy) is 2. The van der Waals surface area contributed by atoms with E-state index in [2.05, 4.69) is 10.6 Å². The number of carbonyl (C=O) groups excluding carboxylic acids is 1. The fourth-order valence-corrected chi connectivity index (χ4v) is 3.89. The lowest BCUT2D eigenvalue weighted by Crippen LogP contribution is -2.45. The molecule has 0 unspecified atom stereocenters. The van der Waals surface area contributed by atoms with Gasteiger partial charge in [-0.3, -0.25) is 0 Å². The Morgan fingerprint density at radius 1 is 1.42 bits per heavy atom. The average Bonchev–Trinajstić information content (AvgIpc) is 2.78. The van der Waals surface area contributed by atoms with Crippen LogP contribution in [0, 0.1) is 0 Å². The summed E-state index contributed by atoms with van der Waals surface area (Å²) in [7, 11) is -2.97. The van der Waals surface area contributed by atoms with E-state index in [9.17, 15) is 13.2 Å². The summed E-state index contributed by atoms with van der Waals surface area (Å²) in [5.74, 6) is -0.440. The molecule has 8 heteroatoms. The second-order valence-electron chi connectivity index (χ2n) is 5.41. The van der Waals surface area contributed by atoms with Crippen molar-refractivity contribution in [1.82, 2.24) is 10.6 Å². The van der Waals surface area contributed by atoms with E-state index < -0.39 is 15.6 Å². The minimum atomic E-state index is -2.97. The Morgan fingerprint density at radius 3 is 2.68 bits per heavy atom. The van der Waals surface area contributed by atoms with Crippen LogP contribution in [0.4, 0.5) is 4.79 Å². The number of urea groups is 1. The van der Waals surface area contributed by atoms with Crippen LogP contribution < -0.4 is 10.6 Å². The van der Waals surface area contributed by atoms with Crippen LogP contribution in [0.5, 0.6) is 0 Å².